The second kappa shape index (κ2) is 5.49. The van der Waals surface area contributed by atoms with Gasteiger partial charge in [0.05, 0.1) is 5.56 Å². The fourth-order valence-corrected chi connectivity index (χ4v) is 3.76. The standard InChI is InChI=1S/C12H12BrN3O4S/c1-7-5-8(12(17)18)6-9(11(7)13)21(19,20)15-10-3-4-16(2)14-10/h3-6H,1-2H3,(H,14,15)(H,17,18). The van der Waals surface area contributed by atoms with Gasteiger partial charge in [-0.25, -0.2) is 13.2 Å². The van der Waals surface area contributed by atoms with E-state index in [1.54, 1.807) is 20.2 Å². The lowest BCUT2D eigenvalue weighted by Gasteiger charge is -2.10. The Morgan fingerprint density at radius 1 is 1.43 bits per heavy atom. The molecular formula is C12H12BrN3O4S. The number of hydrogen-bond acceptors (Lipinski definition) is 4. The van der Waals surface area contributed by atoms with Gasteiger partial charge >= 0.3 is 5.97 Å². The smallest absolute Gasteiger partial charge is 0.335 e. The number of aromatic nitrogens is 2. The third-order valence-corrected chi connectivity index (χ3v) is 5.40. The van der Waals surface area contributed by atoms with E-state index in [1.807, 2.05) is 0 Å². The number of aryl methyl sites for hydroxylation is 2. The fraction of sp³-hybridized carbons (Fsp3) is 0.167. The summed E-state index contributed by atoms with van der Waals surface area (Å²) in [6.45, 7) is 1.62. The van der Waals surface area contributed by atoms with Gasteiger partial charge in [0.25, 0.3) is 10.0 Å². The van der Waals surface area contributed by atoms with E-state index in [-0.39, 0.29) is 16.3 Å². The molecule has 2 rings (SSSR count). The van der Waals surface area contributed by atoms with Crippen molar-refractivity contribution in [2.24, 2.45) is 7.05 Å². The monoisotopic (exact) mass is 373 g/mol. The second-order valence-corrected chi connectivity index (χ2v) is 6.83. The first-order chi connectivity index (χ1) is 9.70. The van der Waals surface area contributed by atoms with Crippen molar-refractivity contribution in [3.8, 4) is 0 Å². The number of carboxylic acids is 1. The Kier molecular flexibility index (Phi) is 4.06. The minimum atomic E-state index is -3.95. The van der Waals surface area contributed by atoms with Gasteiger partial charge in [-0.05, 0) is 40.5 Å². The number of rotatable bonds is 4. The van der Waals surface area contributed by atoms with E-state index in [9.17, 15) is 13.2 Å². The van der Waals surface area contributed by atoms with Crippen LogP contribution in [0.15, 0.2) is 33.8 Å². The van der Waals surface area contributed by atoms with Gasteiger partial charge in [0.2, 0.25) is 0 Å². The maximum absolute atomic E-state index is 12.4. The molecule has 2 aromatic rings. The van der Waals surface area contributed by atoms with Crippen LogP contribution in [0.2, 0.25) is 0 Å². The number of aromatic carboxylic acids is 1. The summed E-state index contributed by atoms with van der Waals surface area (Å²) >= 11 is 3.18. The maximum Gasteiger partial charge on any atom is 0.335 e. The second-order valence-electron chi connectivity index (χ2n) is 4.39. The minimum Gasteiger partial charge on any atom is -0.478 e. The molecule has 1 heterocycles. The average molecular weight is 374 g/mol. The average Bonchev–Trinajstić information content (AvgIpc) is 2.76. The van der Waals surface area contributed by atoms with E-state index in [2.05, 4.69) is 25.8 Å². The van der Waals surface area contributed by atoms with Crippen molar-refractivity contribution in [2.75, 3.05) is 4.72 Å². The first kappa shape index (κ1) is 15.5. The van der Waals surface area contributed by atoms with E-state index < -0.39 is 16.0 Å². The zero-order valence-corrected chi connectivity index (χ0v) is 13.6. The lowest BCUT2D eigenvalue weighted by atomic mass is 10.1. The molecule has 1 aromatic carbocycles. The molecule has 0 unspecified atom stereocenters. The molecular weight excluding hydrogens is 362 g/mol. The fourth-order valence-electron chi connectivity index (χ4n) is 1.72. The van der Waals surface area contributed by atoms with Gasteiger partial charge in [-0.2, -0.15) is 5.10 Å². The predicted molar refractivity (Wildman–Crippen MR) is 79.9 cm³/mol. The highest BCUT2D eigenvalue weighted by Crippen LogP contribution is 2.28. The number of anilines is 1. The van der Waals surface area contributed by atoms with Gasteiger partial charge in [-0.15, -0.1) is 0 Å². The summed E-state index contributed by atoms with van der Waals surface area (Å²) < 4.78 is 28.8. The van der Waals surface area contributed by atoms with Crippen molar-refractivity contribution in [3.63, 3.8) is 0 Å². The van der Waals surface area contributed by atoms with E-state index in [1.165, 1.54) is 16.8 Å². The molecule has 0 bridgehead atoms. The molecule has 21 heavy (non-hydrogen) atoms. The Morgan fingerprint density at radius 2 is 2.10 bits per heavy atom. The van der Waals surface area contributed by atoms with Crippen LogP contribution in [-0.4, -0.2) is 29.3 Å². The number of hydrogen-bond donors (Lipinski definition) is 2. The summed E-state index contributed by atoms with van der Waals surface area (Å²) in [5.74, 6) is -1.04. The van der Waals surface area contributed by atoms with Crippen LogP contribution in [0.5, 0.6) is 0 Å². The SMILES string of the molecule is Cc1cc(C(=O)O)cc(S(=O)(=O)Nc2ccn(C)n2)c1Br. The van der Waals surface area contributed by atoms with Crippen molar-refractivity contribution in [1.82, 2.24) is 9.78 Å². The summed E-state index contributed by atoms with van der Waals surface area (Å²) in [5.41, 5.74) is 0.411. The van der Waals surface area contributed by atoms with Crippen LogP contribution in [0.3, 0.4) is 0 Å². The van der Waals surface area contributed by atoms with Crippen LogP contribution >= 0.6 is 15.9 Å². The highest BCUT2D eigenvalue weighted by atomic mass is 79.9. The quantitative estimate of drug-likeness (QED) is 0.852. The molecule has 0 fully saturated rings. The normalized spacial score (nSPS) is 11.4. The Labute approximate surface area is 129 Å². The molecule has 2 N–H and O–H groups in total. The summed E-state index contributed by atoms with van der Waals surface area (Å²) in [4.78, 5) is 10.9. The van der Waals surface area contributed by atoms with Crippen LogP contribution in [-0.2, 0) is 17.1 Å². The first-order valence-corrected chi connectivity index (χ1v) is 8.04. The molecule has 1 aromatic heterocycles. The van der Waals surface area contributed by atoms with Crippen molar-refractivity contribution < 1.29 is 18.3 Å². The van der Waals surface area contributed by atoms with Gasteiger partial charge in [-0.3, -0.25) is 9.40 Å². The molecule has 112 valence electrons. The molecule has 7 nitrogen and oxygen atoms in total. The summed E-state index contributed by atoms with van der Waals surface area (Å²) in [7, 11) is -2.29. The molecule has 0 aliphatic rings. The van der Waals surface area contributed by atoms with E-state index in [0.717, 1.165) is 6.07 Å². The first-order valence-electron chi connectivity index (χ1n) is 5.76. The number of sulfonamides is 1. The molecule has 0 aliphatic heterocycles. The number of carbonyl (C=O) groups is 1. The number of halogens is 1. The number of benzene rings is 1. The molecule has 0 saturated heterocycles. The number of carboxylic acid groups (broad SMARTS) is 1. The van der Waals surface area contributed by atoms with Crippen molar-refractivity contribution >= 4 is 37.7 Å². The Hall–Kier alpha value is -1.87. The molecule has 0 radical (unpaired) electrons. The highest BCUT2D eigenvalue weighted by molar-refractivity contribution is 9.10. The molecule has 0 atom stereocenters. The van der Waals surface area contributed by atoms with Crippen LogP contribution in [0, 0.1) is 6.92 Å². The van der Waals surface area contributed by atoms with Crippen LogP contribution in [0.1, 0.15) is 15.9 Å². The Balaban J connectivity index is 2.51. The maximum atomic E-state index is 12.4. The lowest BCUT2D eigenvalue weighted by molar-refractivity contribution is 0.0696. The van der Waals surface area contributed by atoms with E-state index in [4.69, 9.17) is 5.11 Å². The van der Waals surface area contributed by atoms with Crippen molar-refractivity contribution in [1.29, 1.82) is 0 Å². The highest BCUT2D eigenvalue weighted by Gasteiger charge is 2.22. The molecule has 0 aliphatic carbocycles. The van der Waals surface area contributed by atoms with Crippen LogP contribution < -0.4 is 4.72 Å². The van der Waals surface area contributed by atoms with Crippen LogP contribution in [0.25, 0.3) is 0 Å². The summed E-state index contributed by atoms with van der Waals surface area (Å²) in [6.07, 6.45) is 1.59. The predicted octanol–water partition coefficient (Wildman–Crippen LogP) is 1.99. The topological polar surface area (TPSA) is 101 Å². The number of nitrogens with one attached hydrogen (secondary N) is 1. The zero-order valence-electron chi connectivity index (χ0n) is 11.2. The van der Waals surface area contributed by atoms with Gasteiger partial charge in [-0.1, -0.05) is 0 Å². The molecule has 0 saturated carbocycles. The summed E-state index contributed by atoms with van der Waals surface area (Å²) in [6, 6.07) is 4.00. The van der Waals surface area contributed by atoms with Crippen molar-refractivity contribution in [3.05, 3.63) is 40.0 Å². The summed E-state index contributed by atoms with van der Waals surface area (Å²) in [5, 5.41) is 13.0. The van der Waals surface area contributed by atoms with Crippen molar-refractivity contribution in [2.45, 2.75) is 11.8 Å². The van der Waals surface area contributed by atoms with Gasteiger partial charge in [0, 0.05) is 23.8 Å². The minimum absolute atomic E-state index is 0.0999. The molecule has 9 heteroatoms. The molecule has 0 amide bonds. The largest absolute Gasteiger partial charge is 0.478 e. The Morgan fingerprint density at radius 3 is 2.62 bits per heavy atom. The van der Waals surface area contributed by atoms with E-state index in [0.29, 0.717) is 10.0 Å². The van der Waals surface area contributed by atoms with Gasteiger partial charge < -0.3 is 5.11 Å². The third-order valence-electron chi connectivity index (χ3n) is 2.71. The molecule has 0 spiro atoms. The lowest BCUT2D eigenvalue weighted by Crippen LogP contribution is -2.15. The van der Waals surface area contributed by atoms with Crippen LogP contribution in [0.4, 0.5) is 5.82 Å². The zero-order chi connectivity index (χ0) is 15.8. The Bertz CT molecular complexity index is 814. The van der Waals surface area contributed by atoms with E-state index >= 15 is 0 Å². The van der Waals surface area contributed by atoms with Gasteiger partial charge in [0.1, 0.15) is 4.90 Å². The van der Waals surface area contributed by atoms with Gasteiger partial charge in [0.15, 0.2) is 5.82 Å². The third kappa shape index (κ3) is 3.24. The number of nitrogens with zero attached hydrogens (tertiary/aromatic N) is 2.